The van der Waals surface area contributed by atoms with E-state index in [9.17, 15) is 4.79 Å². The minimum atomic E-state index is -0.166. The standard InChI is InChI=1S/C17H25N7O2/c1-11(17(3,4)24-10-18-9-19-24)22-7-14(8-22)23-6-13(5-15(23)25)16-20-12(2)21-26-16/h9-11,13-14H,5-8H2,1-4H3. The van der Waals surface area contributed by atoms with Crippen LogP contribution in [0.3, 0.4) is 0 Å². The Hall–Kier alpha value is -2.29. The van der Waals surface area contributed by atoms with Crippen LogP contribution in [0.15, 0.2) is 17.2 Å². The lowest BCUT2D eigenvalue weighted by atomic mass is 9.91. The zero-order valence-electron chi connectivity index (χ0n) is 15.7. The number of aromatic nitrogens is 5. The van der Waals surface area contributed by atoms with E-state index in [1.165, 1.54) is 0 Å². The minimum absolute atomic E-state index is 0.0155. The van der Waals surface area contributed by atoms with Gasteiger partial charge in [0.05, 0.1) is 17.5 Å². The van der Waals surface area contributed by atoms with Crippen LogP contribution >= 0.6 is 0 Å². The second-order valence-electron chi connectivity index (χ2n) is 7.90. The summed E-state index contributed by atoms with van der Waals surface area (Å²) in [5.74, 6) is 1.39. The molecular weight excluding hydrogens is 334 g/mol. The molecule has 2 aromatic rings. The Morgan fingerprint density at radius 3 is 2.69 bits per heavy atom. The Bertz CT molecular complexity index is 779. The molecule has 0 spiro atoms. The van der Waals surface area contributed by atoms with Gasteiger partial charge in [-0.15, -0.1) is 0 Å². The third-order valence-electron chi connectivity index (χ3n) is 5.96. The van der Waals surface area contributed by atoms with Crippen LogP contribution in [-0.2, 0) is 10.3 Å². The summed E-state index contributed by atoms with van der Waals surface area (Å²) in [6.07, 6.45) is 3.78. The zero-order valence-corrected chi connectivity index (χ0v) is 15.7. The van der Waals surface area contributed by atoms with E-state index in [2.05, 4.69) is 45.9 Å². The molecule has 2 saturated heterocycles. The molecule has 0 bridgehead atoms. The Kier molecular flexibility index (Phi) is 4.06. The first-order valence-electron chi connectivity index (χ1n) is 9.05. The molecule has 9 nitrogen and oxygen atoms in total. The molecule has 1 amide bonds. The molecule has 2 fully saturated rings. The normalized spacial score (nSPS) is 23.5. The summed E-state index contributed by atoms with van der Waals surface area (Å²) in [4.78, 5) is 25.2. The van der Waals surface area contributed by atoms with E-state index >= 15 is 0 Å². The fourth-order valence-corrected chi connectivity index (χ4v) is 3.87. The second kappa shape index (κ2) is 6.15. The van der Waals surface area contributed by atoms with Gasteiger partial charge in [0, 0.05) is 32.1 Å². The predicted molar refractivity (Wildman–Crippen MR) is 92.3 cm³/mol. The number of aryl methyl sites for hydroxylation is 1. The summed E-state index contributed by atoms with van der Waals surface area (Å²) in [5, 5.41) is 8.13. The third-order valence-corrected chi connectivity index (χ3v) is 5.96. The van der Waals surface area contributed by atoms with Crippen LogP contribution in [0.4, 0.5) is 0 Å². The monoisotopic (exact) mass is 359 g/mol. The van der Waals surface area contributed by atoms with Crippen molar-refractivity contribution in [1.82, 2.24) is 34.7 Å². The van der Waals surface area contributed by atoms with Crippen LogP contribution in [0.25, 0.3) is 0 Å². The molecule has 2 aromatic heterocycles. The van der Waals surface area contributed by atoms with Crippen molar-refractivity contribution < 1.29 is 9.32 Å². The topological polar surface area (TPSA) is 93.2 Å². The second-order valence-corrected chi connectivity index (χ2v) is 7.90. The molecule has 140 valence electrons. The smallest absolute Gasteiger partial charge is 0.232 e. The average molecular weight is 359 g/mol. The first kappa shape index (κ1) is 17.1. The van der Waals surface area contributed by atoms with Crippen molar-refractivity contribution in [1.29, 1.82) is 0 Å². The molecule has 0 N–H and O–H groups in total. The number of likely N-dealkylation sites (tertiary alicyclic amines) is 2. The molecule has 9 heteroatoms. The van der Waals surface area contributed by atoms with Gasteiger partial charge in [0.15, 0.2) is 5.82 Å². The van der Waals surface area contributed by atoms with E-state index in [4.69, 9.17) is 4.52 Å². The van der Waals surface area contributed by atoms with Crippen LogP contribution in [-0.4, -0.2) is 72.3 Å². The van der Waals surface area contributed by atoms with Gasteiger partial charge in [0.1, 0.15) is 12.7 Å². The number of nitrogens with zero attached hydrogens (tertiary/aromatic N) is 7. The van der Waals surface area contributed by atoms with Crippen molar-refractivity contribution in [3.05, 3.63) is 24.4 Å². The van der Waals surface area contributed by atoms with Crippen LogP contribution in [0, 0.1) is 6.92 Å². The maximum atomic E-state index is 12.5. The van der Waals surface area contributed by atoms with Gasteiger partial charge in [-0.05, 0) is 27.7 Å². The fraction of sp³-hybridized carbons (Fsp3) is 0.706. The van der Waals surface area contributed by atoms with Crippen LogP contribution in [0.1, 0.15) is 44.8 Å². The van der Waals surface area contributed by atoms with Gasteiger partial charge < -0.3 is 9.42 Å². The predicted octanol–water partition coefficient (Wildman–Crippen LogP) is 0.793. The van der Waals surface area contributed by atoms with Gasteiger partial charge in [-0.25, -0.2) is 9.67 Å². The van der Waals surface area contributed by atoms with E-state index in [0.717, 1.165) is 13.1 Å². The Balaban J connectivity index is 1.36. The van der Waals surface area contributed by atoms with Crippen LogP contribution < -0.4 is 0 Å². The van der Waals surface area contributed by atoms with Crippen molar-refractivity contribution in [2.24, 2.45) is 0 Å². The van der Waals surface area contributed by atoms with Crippen molar-refractivity contribution in [2.45, 2.75) is 57.7 Å². The zero-order chi connectivity index (χ0) is 18.5. The summed E-state index contributed by atoms with van der Waals surface area (Å²) in [6.45, 7) is 10.7. The molecular formula is C17H25N7O2. The van der Waals surface area contributed by atoms with Gasteiger partial charge in [0.2, 0.25) is 11.8 Å². The number of hydrogen-bond acceptors (Lipinski definition) is 7. The van der Waals surface area contributed by atoms with E-state index in [-0.39, 0.29) is 29.4 Å². The molecule has 2 aliphatic heterocycles. The quantitative estimate of drug-likeness (QED) is 0.779. The molecule has 0 aliphatic carbocycles. The average Bonchev–Trinajstić information content (AvgIpc) is 3.27. The first-order valence-corrected chi connectivity index (χ1v) is 9.05. The largest absolute Gasteiger partial charge is 0.339 e. The van der Waals surface area contributed by atoms with Gasteiger partial charge >= 0.3 is 0 Å². The lowest BCUT2D eigenvalue weighted by Gasteiger charge is -2.50. The Labute approximate surface area is 152 Å². The van der Waals surface area contributed by atoms with E-state index in [1.54, 1.807) is 19.6 Å². The number of carbonyl (C=O) groups is 1. The van der Waals surface area contributed by atoms with E-state index in [1.807, 2.05) is 9.58 Å². The highest BCUT2D eigenvalue weighted by Crippen LogP contribution is 2.33. The Morgan fingerprint density at radius 1 is 1.31 bits per heavy atom. The molecule has 26 heavy (non-hydrogen) atoms. The van der Waals surface area contributed by atoms with Crippen molar-refractivity contribution in [3.8, 4) is 0 Å². The summed E-state index contributed by atoms with van der Waals surface area (Å²) >= 11 is 0. The fourth-order valence-electron chi connectivity index (χ4n) is 3.87. The maximum absolute atomic E-state index is 12.5. The molecule has 4 heterocycles. The van der Waals surface area contributed by atoms with Crippen molar-refractivity contribution in [3.63, 3.8) is 0 Å². The highest BCUT2D eigenvalue weighted by molar-refractivity contribution is 5.80. The summed E-state index contributed by atoms with van der Waals surface area (Å²) in [6, 6.07) is 0.540. The van der Waals surface area contributed by atoms with Gasteiger partial charge in [-0.2, -0.15) is 10.1 Å². The van der Waals surface area contributed by atoms with E-state index < -0.39 is 0 Å². The van der Waals surface area contributed by atoms with Gasteiger partial charge in [-0.3, -0.25) is 9.69 Å². The molecule has 2 unspecified atom stereocenters. The lowest BCUT2D eigenvalue weighted by molar-refractivity contribution is -0.134. The van der Waals surface area contributed by atoms with Gasteiger partial charge in [-0.1, -0.05) is 5.16 Å². The van der Waals surface area contributed by atoms with Crippen molar-refractivity contribution in [2.75, 3.05) is 19.6 Å². The summed E-state index contributed by atoms with van der Waals surface area (Å²) < 4.78 is 7.16. The minimum Gasteiger partial charge on any atom is -0.339 e. The van der Waals surface area contributed by atoms with E-state index in [0.29, 0.717) is 24.7 Å². The summed E-state index contributed by atoms with van der Waals surface area (Å²) in [7, 11) is 0. The molecule has 0 aromatic carbocycles. The Morgan fingerprint density at radius 2 is 2.08 bits per heavy atom. The molecule has 0 radical (unpaired) electrons. The summed E-state index contributed by atoms with van der Waals surface area (Å²) in [5.41, 5.74) is -0.166. The van der Waals surface area contributed by atoms with Gasteiger partial charge in [0.25, 0.3) is 0 Å². The SMILES string of the molecule is Cc1noc(C2CC(=O)N(C3CN(C(C)C(C)(C)n4cncn4)C3)C2)n1. The molecule has 4 rings (SSSR count). The van der Waals surface area contributed by atoms with Crippen LogP contribution in [0.5, 0.6) is 0 Å². The lowest BCUT2D eigenvalue weighted by Crippen LogP contribution is -2.65. The highest BCUT2D eigenvalue weighted by atomic mass is 16.5. The first-order chi connectivity index (χ1) is 12.4. The number of carbonyl (C=O) groups excluding carboxylic acids is 1. The maximum Gasteiger partial charge on any atom is 0.232 e. The third kappa shape index (κ3) is 2.80. The van der Waals surface area contributed by atoms with Crippen LogP contribution in [0.2, 0.25) is 0 Å². The number of hydrogen-bond donors (Lipinski definition) is 0. The van der Waals surface area contributed by atoms with Crippen molar-refractivity contribution >= 4 is 5.91 Å². The number of amides is 1. The molecule has 0 saturated carbocycles. The highest BCUT2D eigenvalue weighted by Gasteiger charge is 2.45. The number of rotatable bonds is 5. The molecule has 2 atom stereocenters. The molecule has 2 aliphatic rings.